The van der Waals surface area contributed by atoms with E-state index in [2.05, 4.69) is 10.6 Å². The summed E-state index contributed by atoms with van der Waals surface area (Å²) >= 11 is 12.5. The number of benzene rings is 2. The molecule has 6 nitrogen and oxygen atoms in total. The Labute approximate surface area is 189 Å². The van der Waals surface area contributed by atoms with Gasteiger partial charge >= 0.3 is 0 Å². The molecule has 0 aromatic heterocycles. The highest BCUT2D eigenvalue weighted by Crippen LogP contribution is 2.54. The third-order valence-corrected chi connectivity index (χ3v) is 7.31. The molecule has 2 aromatic rings. The Morgan fingerprint density at radius 2 is 1.81 bits per heavy atom. The number of fused-ring (bicyclic) bond motifs is 4. The summed E-state index contributed by atoms with van der Waals surface area (Å²) in [5, 5.41) is 7.22. The van der Waals surface area contributed by atoms with Crippen LogP contribution in [0, 0.1) is 17.8 Å². The molecule has 2 N–H and O–H groups in total. The average Bonchev–Trinajstić information content (AvgIpc) is 3.31. The smallest absolute Gasteiger partial charge is 0.250 e. The van der Waals surface area contributed by atoms with Crippen molar-refractivity contribution >= 4 is 46.6 Å². The summed E-state index contributed by atoms with van der Waals surface area (Å²) in [6.07, 6.45) is 0. The summed E-state index contributed by atoms with van der Waals surface area (Å²) in [4.78, 5) is 41.8. The number of carbonyl (C=O) groups is 3. The second-order valence-corrected chi connectivity index (χ2v) is 9.57. The molecule has 4 atom stereocenters. The van der Waals surface area contributed by atoms with E-state index < -0.39 is 17.4 Å². The lowest BCUT2D eigenvalue weighted by Gasteiger charge is -2.30. The highest BCUT2D eigenvalue weighted by atomic mass is 35.5. The molecule has 2 unspecified atom stereocenters. The van der Waals surface area contributed by atoms with Crippen LogP contribution < -0.4 is 10.6 Å². The first-order chi connectivity index (χ1) is 14.8. The first kappa shape index (κ1) is 20.5. The standard InChI is InChI=1S/C23H21Cl2N3O3/c1-11(2)19-17-18(21(30)28(20(17)29)10-12-5-3-4-6-15(12)25)23(27-19)14-9-13(24)7-8-16(14)26-22(23)31/h3-9,11,17-19,27H,10H2,1-2H3,(H,26,31)/t17-,18-,19?,23?/m0/s1. The molecule has 8 heteroatoms. The van der Waals surface area contributed by atoms with Crippen LogP contribution in [-0.2, 0) is 26.5 Å². The molecule has 5 rings (SSSR count). The Balaban J connectivity index is 1.63. The Morgan fingerprint density at radius 3 is 2.52 bits per heavy atom. The fraction of sp³-hybridized carbons (Fsp3) is 0.348. The minimum atomic E-state index is -1.33. The van der Waals surface area contributed by atoms with Gasteiger partial charge in [-0.1, -0.05) is 55.2 Å². The largest absolute Gasteiger partial charge is 0.324 e. The van der Waals surface area contributed by atoms with E-state index in [0.717, 1.165) is 0 Å². The molecule has 3 amide bonds. The first-order valence-electron chi connectivity index (χ1n) is 10.2. The summed E-state index contributed by atoms with van der Waals surface area (Å²) in [7, 11) is 0. The maximum absolute atomic E-state index is 13.7. The fourth-order valence-electron chi connectivity index (χ4n) is 5.29. The van der Waals surface area contributed by atoms with Crippen molar-refractivity contribution in [2.45, 2.75) is 32.0 Å². The van der Waals surface area contributed by atoms with Crippen LogP contribution in [0.4, 0.5) is 5.69 Å². The van der Waals surface area contributed by atoms with E-state index in [1.54, 1.807) is 36.4 Å². The second kappa shape index (κ2) is 7.05. The van der Waals surface area contributed by atoms with Crippen LogP contribution in [0.5, 0.6) is 0 Å². The molecule has 0 radical (unpaired) electrons. The highest BCUT2D eigenvalue weighted by Gasteiger charge is 2.70. The van der Waals surface area contributed by atoms with Crippen LogP contribution >= 0.6 is 23.2 Å². The number of hydrogen-bond acceptors (Lipinski definition) is 4. The van der Waals surface area contributed by atoms with Gasteiger partial charge in [0.2, 0.25) is 17.7 Å². The fourth-order valence-corrected chi connectivity index (χ4v) is 5.66. The van der Waals surface area contributed by atoms with Crippen LogP contribution in [-0.4, -0.2) is 28.7 Å². The average molecular weight is 458 g/mol. The summed E-state index contributed by atoms with van der Waals surface area (Å²) in [6, 6.07) is 11.9. The molecule has 2 saturated heterocycles. The molecule has 160 valence electrons. The van der Waals surface area contributed by atoms with E-state index in [0.29, 0.717) is 26.9 Å². The van der Waals surface area contributed by atoms with Gasteiger partial charge in [0, 0.05) is 27.3 Å². The van der Waals surface area contributed by atoms with E-state index in [4.69, 9.17) is 23.2 Å². The van der Waals surface area contributed by atoms with E-state index in [9.17, 15) is 14.4 Å². The number of imide groups is 1. The Kier molecular flexibility index (Phi) is 4.66. The maximum Gasteiger partial charge on any atom is 0.250 e. The van der Waals surface area contributed by atoms with Gasteiger partial charge in [0.15, 0.2) is 0 Å². The third kappa shape index (κ3) is 2.78. The molecule has 0 bridgehead atoms. The number of carbonyl (C=O) groups excluding carboxylic acids is 3. The third-order valence-electron chi connectivity index (χ3n) is 6.71. The van der Waals surface area contributed by atoms with Crippen molar-refractivity contribution in [1.29, 1.82) is 0 Å². The molecule has 3 heterocycles. The molecule has 31 heavy (non-hydrogen) atoms. The maximum atomic E-state index is 13.7. The number of hydrogen-bond donors (Lipinski definition) is 2. The van der Waals surface area contributed by atoms with Gasteiger partial charge in [-0.25, -0.2) is 0 Å². The number of amides is 3. The Bertz CT molecular complexity index is 1130. The normalized spacial score (nSPS) is 29.1. The van der Waals surface area contributed by atoms with Gasteiger partial charge in [0.1, 0.15) is 5.54 Å². The molecule has 2 fully saturated rings. The van der Waals surface area contributed by atoms with Crippen molar-refractivity contribution in [1.82, 2.24) is 10.2 Å². The molecule has 0 aliphatic carbocycles. The lowest BCUT2D eigenvalue weighted by atomic mass is 9.76. The number of anilines is 1. The van der Waals surface area contributed by atoms with E-state index in [1.165, 1.54) is 4.90 Å². The first-order valence-corrected chi connectivity index (χ1v) is 11.0. The second-order valence-electron chi connectivity index (χ2n) is 8.72. The van der Waals surface area contributed by atoms with Gasteiger partial charge < -0.3 is 5.32 Å². The van der Waals surface area contributed by atoms with Gasteiger partial charge in [-0.3, -0.25) is 24.6 Å². The molecular formula is C23H21Cl2N3O3. The van der Waals surface area contributed by atoms with Gasteiger partial charge in [-0.2, -0.15) is 0 Å². The van der Waals surface area contributed by atoms with E-state index >= 15 is 0 Å². The molecule has 3 aliphatic heterocycles. The van der Waals surface area contributed by atoms with Crippen molar-refractivity contribution in [2.24, 2.45) is 17.8 Å². The van der Waals surface area contributed by atoms with Gasteiger partial charge in [-0.05, 0) is 35.7 Å². The summed E-state index contributed by atoms with van der Waals surface area (Å²) < 4.78 is 0. The molecule has 1 spiro atoms. The van der Waals surface area contributed by atoms with Crippen molar-refractivity contribution in [3.8, 4) is 0 Å². The van der Waals surface area contributed by atoms with Gasteiger partial charge in [0.05, 0.1) is 18.4 Å². The monoisotopic (exact) mass is 457 g/mol. The summed E-state index contributed by atoms with van der Waals surface area (Å²) in [5.74, 6) is -2.45. The zero-order valence-electron chi connectivity index (χ0n) is 17.0. The predicted molar refractivity (Wildman–Crippen MR) is 118 cm³/mol. The van der Waals surface area contributed by atoms with Gasteiger partial charge in [-0.15, -0.1) is 0 Å². The predicted octanol–water partition coefficient (Wildman–Crippen LogP) is 3.57. The van der Waals surface area contributed by atoms with Crippen LogP contribution in [0.2, 0.25) is 10.0 Å². The van der Waals surface area contributed by atoms with Crippen molar-refractivity contribution < 1.29 is 14.4 Å². The number of halogens is 2. The molecule has 0 saturated carbocycles. The van der Waals surface area contributed by atoms with Crippen LogP contribution in [0.3, 0.4) is 0 Å². The van der Waals surface area contributed by atoms with Crippen molar-refractivity contribution in [2.75, 3.05) is 5.32 Å². The van der Waals surface area contributed by atoms with Crippen LogP contribution in [0.15, 0.2) is 42.5 Å². The van der Waals surface area contributed by atoms with E-state index in [-0.39, 0.29) is 36.2 Å². The lowest BCUT2D eigenvalue weighted by molar-refractivity contribution is -0.143. The number of nitrogens with zero attached hydrogens (tertiary/aromatic N) is 1. The minimum Gasteiger partial charge on any atom is -0.324 e. The zero-order chi connectivity index (χ0) is 22.1. The summed E-state index contributed by atoms with van der Waals surface area (Å²) in [6.45, 7) is 4.04. The minimum absolute atomic E-state index is 0.0277. The topological polar surface area (TPSA) is 78.5 Å². The summed E-state index contributed by atoms with van der Waals surface area (Å²) in [5.41, 5.74) is 0.578. The molecule has 3 aliphatic rings. The van der Waals surface area contributed by atoms with Crippen molar-refractivity contribution in [3.63, 3.8) is 0 Å². The van der Waals surface area contributed by atoms with Crippen LogP contribution in [0.25, 0.3) is 0 Å². The number of rotatable bonds is 3. The molecular weight excluding hydrogens is 437 g/mol. The Morgan fingerprint density at radius 1 is 1.06 bits per heavy atom. The van der Waals surface area contributed by atoms with Gasteiger partial charge in [0.25, 0.3) is 0 Å². The highest BCUT2D eigenvalue weighted by molar-refractivity contribution is 6.31. The molecule has 2 aromatic carbocycles. The lowest BCUT2D eigenvalue weighted by Crippen LogP contribution is -2.53. The quantitative estimate of drug-likeness (QED) is 0.690. The van der Waals surface area contributed by atoms with E-state index in [1.807, 2.05) is 19.9 Å². The zero-order valence-corrected chi connectivity index (χ0v) is 18.5. The Hall–Kier alpha value is -2.41. The number of nitrogens with one attached hydrogen (secondary N) is 2. The van der Waals surface area contributed by atoms with Crippen LogP contribution in [0.1, 0.15) is 25.0 Å². The van der Waals surface area contributed by atoms with Crippen molar-refractivity contribution in [3.05, 3.63) is 63.6 Å². The SMILES string of the molecule is CC(C)C1NC2(C(=O)Nc3ccc(Cl)cc32)[C@@H]2C(=O)N(Cc3ccccc3Cl)C(=O)[C@H]12. The number of likely N-dealkylation sites (tertiary alicyclic amines) is 1.